The molecule has 6 heteroatoms. The summed E-state index contributed by atoms with van der Waals surface area (Å²) in [6, 6.07) is 0.377. The van der Waals surface area contributed by atoms with Gasteiger partial charge in [-0.25, -0.2) is 4.98 Å². The van der Waals surface area contributed by atoms with Gasteiger partial charge in [-0.3, -0.25) is 4.79 Å². The standard InChI is InChI=1S/C13H20N2O3S/c1-9(10-4-6-18-7-5-10)14-13-15-11(8-19-13)2-3-12(16)17/h8-10H,2-7H2,1H3,(H,14,15)(H,16,17). The largest absolute Gasteiger partial charge is 0.481 e. The zero-order chi connectivity index (χ0) is 13.7. The van der Waals surface area contributed by atoms with Crippen molar-refractivity contribution in [3.8, 4) is 0 Å². The lowest BCUT2D eigenvalue weighted by molar-refractivity contribution is -0.136. The maximum absolute atomic E-state index is 10.5. The SMILES string of the molecule is CC(Nc1nc(CCC(=O)O)cs1)C1CCOCC1. The lowest BCUT2D eigenvalue weighted by Gasteiger charge is -2.28. The summed E-state index contributed by atoms with van der Waals surface area (Å²) in [5.41, 5.74) is 0.856. The van der Waals surface area contributed by atoms with E-state index in [4.69, 9.17) is 9.84 Å². The summed E-state index contributed by atoms with van der Waals surface area (Å²) in [5, 5.41) is 14.9. The highest BCUT2D eigenvalue weighted by Gasteiger charge is 2.21. The molecular formula is C13H20N2O3S. The molecule has 0 aromatic carbocycles. The first-order valence-corrected chi connectivity index (χ1v) is 7.53. The van der Waals surface area contributed by atoms with Crippen molar-refractivity contribution in [3.05, 3.63) is 11.1 Å². The Balaban J connectivity index is 1.83. The summed E-state index contributed by atoms with van der Waals surface area (Å²) in [5.74, 6) is -0.154. The Labute approximate surface area is 117 Å². The van der Waals surface area contributed by atoms with Crippen molar-refractivity contribution in [1.82, 2.24) is 4.98 Å². The van der Waals surface area contributed by atoms with Crippen molar-refractivity contribution in [2.24, 2.45) is 5.92 Å². The van der Waals surface area contributed by atoms with Gasteiger partial charge in [0.2, 0.25) is 0 Å². The minimum atomic E-state index is -0.780. The van der Waals surface area contributed by atoms with Gasteiger partial charge in [-0.05, 0) is 25.7 Å². The number of aliphatic carboxylic acids is 1. The molecule has 19 heavy (non-hydrogen) atoms. The molecule has 1 unspecified atom stereocenters. The van der Waals surface area contributed by atoms with E-state index < -0.39 is 5.97 Å². The second-order valence-corrected chi connectivity index (χ2v) is 5.78. The Morgan fingerprint density at radius 2 is 2.37 bits per heavy atom. The number of hydrogen-bond donors (Lipinski definition) is 2. The number of anilines is 1. The van der Waals surface area contributed by atoms with Crippen LogP contribution in [-0.4, -0.2) is 35.3 Å². The molecule has 1 atom stereocenters. The topological polar surface area (TPSA) is 71.5 Å². The van der Waals surface area contributed by atoms with E-state index >= 15 is 0 Å². The van der Waals surface area contributed by atoms with Crippen molar-refractivity contribution in [2.45, 2.75) is 38.6 Å². The van der Waals surface area contributed by atoms with Crippen LogP contribution >= 0.6 is 11.3 Å². The molecule has 2 rings (SSSR count). The molecule has 1 saturated heterocycles. The van der Waals surface area contributed by atoms with Gasteiger partial charge in [-0.1, -0.05) is 0 Å². The minimum absolute atomic E-state index is 0.138. The molecule has 0 radical (unpaired) electrons. The molecule has 106 valence electrons. The summed E-state index contributed by atoms with van der Waals surface area (Å²) in [6.45, 7) is 3.87. The van der Waals surface area contributed by atoms with Crippen LogP contribution in [0.5, 0.6) is 0 Å². The summed E-state index contributed by atoms with van der Waals surface area (Å²) in [6.07, 6.45) is 2.81. The van der Waals surface area contributed by atoms with Crippen LogP contribution in [0.25, 0.3) is 0 Å². The minimum Gasteiger partial charge on any atom is -0.481 e. The summed E-state index contributed by atoms with van der Waals surface area (Å²) in [4.78, 5) is 14.9. The number of carbonyl (C=O) groups is 1. The number of aromatic nitrogens is 1. The summed E-state index contributed by atoms with van der Waals surface area (Å²) in [7, 11) is 0. The van der Waals surface area contributed by atoms with E-state index in [0.29, 0.717) is 18.4 Å². The number of nitrogens with one attached hydrogen (secondary N) is 1. The summed E-state index contributed by atoms with van der Waals surface area (Å²) >= 11 is 1.55. The van der Waals surface area contributed by atoms with Gasteiger partial charge in [-0.15, -0.1) is 11.3 Å². The quantitative estimate of drug-likeness (QED) is 0.839. The number of hydrogen-bond acceptors (Lipinski definition) is 5. The zero-order valence-corrected chi connectivity index (χ0v) is 11.9. The molecule has 0 bridgehead atoms. The van der Waals surface area contributed by atoms with Crippen molar-refractivity contribution in [1.29, 1.82) is 0 Å². The molecule has 0 aliphatic carbocycles. The first kappa shape index (κ1) is 14.3. The Morgan fingerprint density at radius 3 is 3.05 bits per heavy atom. The Hall–Kier alpha value is -1.14. The van der Waals surface area contributed by atoms with Crippen molar-refractivity contribution < 1.29 is 14.6 Å². The molecule has 2 N–H and O–H groups in total. The highest BCUT2D eigenvalue weighted by Crippen LogP contribution is 2.24. The number of carboxylic acid groups (broad SMARTS) is 1. The van der Waals surface area contributed by atoms with Crippen molar-refractivity contribution >= 4 is 22.4 Å². The second kappa shape index (κ2) is 6.86. The molecule has 0 spiro atoms. The van der Waals surface area contributed by atoms with Crippen LogP contribution in [0.15, 0.2) is 5.38 Å². The number of carboxylic acids is 1. The van der Waals surface area contributed by atoms with Gasteiger partial charge < -0.3 is 15.2 Å². The molecule has 1 aromatic heterocycles. The van der Waals surface area contributed by atoms with Crippen LogP contribution < -0.4 is 5.32 Å². The normalized spacial score (nSPS) is 18.2. The zero-order valence-electron chi connectivity index (χ0n) is 11.1. The second-order valence-electron chi connectivity index (χ2n) is 4.92. The monoisotopic (exact) mass is 284 g/mol. The third kappa shape index (κ3) is 4.47. The predicted molar refractivity (Wildman–Crippen MR) is 74.7 cm³/mol. The molecule has 0 saturated carbocycles. The number of aryl methyl sites for hydroxylation is 1. The number of rotatable bonds is 6. The van der Waals surface area contributed by atoms with Gasteiger partial charge in [0, 0.05) is 31.1 Å². The van der Waals surface area contributed by atoms with E-state index in [2.05, 4.69) is 17.2 Å². The number of ether oxygens (including phenoxy) is 1. The van der Waals surface area contributed by atoms with E-state index in [1.165, 1.54) is 0 Å². The Morgan fingerprint density at radius 1 is 1.63 bits per heavy atom. The van der Waals surface area contributed by atoms with Crippen LogP contribution in [0, 0.1) is 5.92 Å². The third-order valence-corrected chi connectivity index (χ3v) is 4.29. The maximum Gasteiger partial charge on any atom is 0.303 e. The lowest BCUT2D eigenvalue weighted by Crippen LogP contribution is -2.30. The van der Waals surface area contributed by atoms with Gasteiger partial charge in [-0.2, -0.15) is 0 Å². The smallest absolute Gasteiger partial charge is 0.303 e. The van der Waals surface area contributed by atoms with Gasteiger partial charge in [0.25, 0.3) is 0 Å². The fourth-order valence-corrected chi connectivity index (χ4v) is 3.09. The van der Waals surface area contributed by atoms with E-state index in [1.54, 1.807) is 11.3 Å². The van der Waals surface area contributed by atoms with E-state index in [-0.39, 0.29) is 6.42 Å². The van der Waals surface area contributed by atoms with E-state index in [0.717, 1.165) is 36.9 Å². The van der Waals surface area contributed by atoms with Crippen LogP contribution in [-0.2, 0) is 16.0 Å². The molecular weight excluding hydrogens is 264 g/mol. The van der Waals surface area contributed by atoms with Crippen LogP contribution in [0.2, 0.25) is 0 Å². The molecule has 1 aliphatic rings. The molecule has 5 nitrogen and oxygen atoms in total. The fourth-order valence-electron chi connectivity index (χ4n) is 2.25. The van der Waals surface area contributed by atoms with Gasteiger partial charge >= 0.3 is 5.97 Å². The third-order valence-electron chi connectivity index (χ3n) is 3.47. The number of thiazole rings is 1. The number of nitrogens with zero attached hydrogens (tertiary/aromatic N) is 1. The van der Waals surface area contributed by atoms with Gasteiger partial charge in [0.15, 0.2) is 5.13 Å². The van der Waals surface area contributed by atoms with Gasteiger partial charge in [0.05, 0.1) is 12.1 Å². The lowest BCUT2D eigenvalue weighted by atomic mass is 9.93. The van der Waals surface area contributed by atoms with Gasteiger partial charge in [0.1, 0.15) is 0 Å². The highest BCUT2D eigenvalue weighted by molar-refractivity contribution is 7.13. The molecule has 2 heterocycles. The van der Waals surface area contributed by atoms with Crippen LogP contribution in [0.1, 0.15) is 31.9 Å². The Bertz CT molecular complexity index is 416. The van der Waals surface area contributed by atoms with Crippen LogP contribution in [0.4, 0.5) is 5.13 Å². The fraction of sp³-hybridized carbons (Fsp3) is 0.692. The highest BCUT2D eigenvalue weighted by atomic mass is 32.1. The maximum atomic E-state index is 10.5. The first-order chi connectivity index (χ1) is 9.15. The van der Waals surface area contributed by atoms with Crippen molar-refractivity contribution in [3.63, 3.8) is 0 Å². The van der Waals surface area contributed by atoms with E-state index in [9.17, 15) is 4.79 Å². The average Bonchev–Trinajstić information content (AvgIpc) is 2.85. The molecule has 1 aromatic rings. The predicted octanol–water partition coefficient (Wildman–Crippen LogP) is 2.39. The first-order valence-electron chi connectivity index (χ1n) is 6.65. The summed E-state index contributed by atoms with van der Waals surface area (Å²) < 4.78 is 5.36. The molecule has 0 amide bonds. The van der Waals surface area contributed by atoms with E-state index in [1.807, 2.05) is 5.38 Å². The van der Waals surface area contributed by atoms with Crippen molar-refractivity contribution in [2.75, 3.05) is 18.5 Å². The molecule has 1 fully saturated rings. The average molecular weight is 284 g/mol. The Kier molecular flexibility index (Phi) is 5.15. The molecule has 1 aliphatic heterocycles. The van der Waals surface area contributed by atoms with Crippen LogP contribution in [0.3, 0.4) is 0 Å².